The predicted molar refractivity (Wildman–Crippen MR) is 89.6 cm³/mol. The van der Waals surface area contributed by atoms with Gasteiger partial charge in [-0.2, -0.15) is 5.10 Å². The van der Waals surface area contributed by atoms with Crippen molar-refractivity contribution in [1.82, 2.24) is 19.7 Å². The van der Waals surface area contributed by atoms with Gasteiger partial charge >= 0.3 is 5.97 Å². The summed E-state index contributed by atoms with van der Waals surface area (Å²) in [4.78, 5) is 29.1. The maximum Gasteiger partial charge on any atom is 0.352 e. The first-order chi connectivity index (χ1) is 11.5. The van der Waals surface area contributed by atoms with E-state index in [1.54, 1.807) is 4.68 Å². The smallest absolute Gasteiger partial charge is 0.352 e. The number of amides is 1. The second kappa shape index (κ2) is 6.77. The first-order valence-corrected chi connectivity index (χ1v) is 9.65. The van der Waals surface area contributed by atoms with Gasteiger partial charge in [-0.3, -0.25) is 9.69 Å². The normalized spacial score (nSPS) is 23.3. The van der Waals surface area contributed by atoms with Crippen molar-refractivity contribution < 1.29 is 19.8 Å². The van der Waals surface area contributed by atoms with Crippen LogP contribution in [-0.2, 0) is 22.6 Å². The Labute approximate surface area is 147 Å². The van der Waals surface area contributed by atoms with Gasteiger partial charge in [0.2, 0.25) is 0 Å². The zero-order valence-corrected chi connectivity index (χ0v) is 14.9. The number of nitrogens with zero attached hydrogens (tertiary/aromatic N) is 4. The van der Waals surface area contributed by atoms with Crippen molar-refractivity contribution in [2.45, 2.75) is 43.4 Å². The van der Waals surface area contributed by atoms with Crippen LogP contribution in [0.3, 0.4) is 0 Å². The molecule has 3 heterocycles. The highest BCUT2D eigenvalue weighted by atomic mass is 32.2. The van der Waals surface area contributed by atoms with Crippen LogP contribution in [0.1, 0.15) is 19.7 Å². The molecule has 3 rings (SSSR count). The quantitative estimate of drug-likeness (QED) is 0.553. The Hall–Kier alpha value is -1.52. The summed E-state index contributed by atoms with van der Waals surface area (Å²) in [5, 5.41) is 23.8. The molecule has 130 valence electrons. The SMILES string of the molecule is CCc1nc(SCC2=C(C(=O)O)N3C(=O)[C@@H](O)[C@H]3SC2)n(CC)n1. The maximum atomic E-state index is 11.8. The fraction of sp³-hybridized carbons (Fsp3) is 0.571. The second-order valence-corrected chi connectivity index (χ2v) is 7.43. The number of rotatable bonds is 6. The van der Waals surface area contributed by atoms with Gasteiger partial charge in [-0.05, 0) is 12.5 Å². The van der Waals surface area contributed by atoms with Gasteiger partial charge in [-0.25, -0.2) is 14.5 Å². The number of aliphatic hydroxyl groups is 1. The van der Waals surface area contributed by atoms with Crippen molar-refractivity contribution in [3.63, 3.8) is 0 Å². The number of aliphatic hydroxyl groups excluding tert-OH is 1. The number of aromatic nitrogens is 3. The van der Waals surface area contributed by atoms with Gasteiger partial charge in [0.25, 0.3) is 5.91 Å². The number of carboxylic acid groups (broad SMARTS) is 1. The highest BCUT2D eigenvalue weighted by molar-refractivity contribution is 8.01. The fourth-order valence-electron chi connectivity index (χ4n) is 2.63. The van der Waals surface area contributed by atoms with E-state index in [4.69, 9.17) is 0 Å². The first-order valence-electron chi connectivity index (χ1n) is 7.62. The minimum Gasteiger partial charge on any atom is -0.477 e. The van der Waals surface area contributed by atoms with Crippen LogP contribution in [0.2, 0.25) is 0 Å². The zero-order valence-electron chi connectivity index (χ0n) is 13.3. The molecule has 1 amide bonds. The molecule has 10 heteroatoms. The monoisotopic (exact) mass is 370 g/mol. The topological polar surface area (TPSA) is 109 Å². The number of carbonyl (C=O) groups excluding carboxylic acids is 1. The molecule has 2 N–H and O–H groups in total. The minimum absolute atomic E-state index is 0.000159. The molecule has 1 saturated heterocycles. The van der Waals surface area contributed by atoms with E-state index in [-0.39, 0.29) is 5.70 Å². The number of aryl methyl sites for hydroxylation is 2. The highest BCUT2D eigenvalue weighted by Gasteiger charge is 2.52. The fourth-order valence-corrected chi connectivity index (χ4v) is 5.06. The van der Waals surface area contributed by atoms with Crippen LogP contribution in [0.5, 0.6) is 0 Å². The molecule has 1 fully saturated rings. The van der Waals surface area contributed by atoms with Crippen molar-refractivity contribution in [2.75, 3.05) is 11.5 Å². The van der Waals surface area contributed by atoms with Gasteiger partial charge in [0, 0.05) is 24.5 Å². The minimum atomic E-state index is -1.14. The summed E-state index contributed by atoms with van der Waals surface area (Å²) in [6, 6.07) is 0. The molecule has 0 bridgehead atoms. The number of thioether (sulfide) groups is 2. The van der Waals surface area contributed by atoms with Crippen LogP contribution < -0.4 is 0 Å². The van der Waals surface area contributed by atoms with Crippen LogP contribution in [0.4, 0.5) is 0 Å². The van der Waals surface area contributed by atoms with Gasteiger partial charge in [-0.15, -0.1) is 11.8 Å². The Morgan fingerprint density at radius 2 is 2.21 bits per heavy atom. The molecule has 8 nitrogen and oxygen atoms in total. The van der Waals surface area contributed by atoms with E-state index < -0.39 is 23.4 Å². The highest BCUT2D eigenvalue weighted by Crippen LogP contribution is 2.41. The first kappa shape index (κ1) is 17.3. The Morgan fingerprint density at radius 3 is 2.83 bits per heavy atom. The van der Waals surface area contributed by atoms with Gasteiger partial charge in [0.15, 0.2) is 17.1 Å². The molecule has 0 unspecified atom stereocenters. The molecule has 1 aromatic heterocycles. The second-order valence-electron chi connectivity index (χ2n) is 5.38. The third kappa shape index (κ3) is 2.82. The number of carbonyl (C=O) groups is 2. The van der Waals surface area contributed by atoms with E-state index in [0.717, 1.165) is 17.4 Å². The van der Waals surface area contributed by atoms with Gasteiger partial charge in [-0.1, -0.05) is 18.7 Å². The Morgan fingerprint density at radius 1 is 1.46 bits per heavy atom. The number of fused-ring (bicyclic) bond motifs is 1. The van der Waals surface area contributed by atoms with Gasteiger partial charge in [0.1, 0.15) is 11.1 Å². The molecule has 1 aromatic rings. The number of hydrogen-bond donors (Lipinski definition) is 2. The number of aliphatic carboxylic acids is 1. The average molecular weight is 370 g/mol. The Bertz CT molecular complexity index is 718. The molecule has 0 saturated carbocycles. The zero-order chi connectivity index (χ0) is 17.4. The molecular weight excluding hydrogens is 352 g/mol. The van der Waals surface area contributed by atoms with Gasteiger partial charge in [0.05, 0.1) is 0 Å². The van der Waals surface area contributed by atoms with Gasteiger partial charge < -0.3 is 10.2 Å². The summed E-state index contributed by atoms with van der Waals surface area (Å²) in [7, 11) is 0. The summed E-state index contributed by atoms with van der Waals surface area (Å²) in [6.45, 7) is 4.64. The number of carboxylic acids is 1. The molecule has 0 aliphatic carbocycles. The average Bonchev–Trinajstić information content (AvgIpc) is 3.00. The Kier molecular flexibility index (Phi) is 4.88. The molecule has 0 aromatic carbocycles. The van der Waals surface area contributed by atoms with Crippen molar-refractivity contribution in [2.24, 2.45) is 0 Å². The van der Waals surface area contributed by atoms with E-state index in [9.17, 15) is 19.8 Å². The molecule has 2 atom stereocenters. The van der Waals surface area contributed by atoms with Crippen molar-refractivity contribution in [1.29, 1.82) is 0 Å². The number of hydrogen-bond acceptors (Lipinski definition) is 7. The maximum absolute atomic E-state index is 11.8. The van der Waals surface area contributed by atoms with E-state index in [0.29, 0.717) is 23.6 Å². The van der Waals surface area contributed by atoms with Crippen LogP contribution in [0, 0.1) is 0 Å². The lowest BCUT2D eigenvalue weighted by Gasteiger charge is -2.47. The van der Waals surface area contributed by atoms with E-state index >= 15 is 0 Å². The molecule has 0 radical (unpaired) electrons. The van der Waals surface area contributed by atoms with Crippen LogP contribution in [0.25, 0.3) is 0 Å². The number of β-lactam (4-membered cyclic amide) rings is 1. The lowest BCUT2D eigenvalue weighted by molar-refractivity contribution is -0.159. The van der Waals surface area contributed by atoms with Crippen LogP contribution in [0.15, 0.2) is 16.4 Å². The van der Waals surface area contributed by atoms with Crippen molar-refractivity contribution in [3.8, 4) is 0 Å². The summed E-state index contributed by atoms with van der Waals surface area (Å²) in [5.74, 6) is -0.0326. The largest absolute Gasteiger partial charge is 0.477 e. The van der Waals surface area contributed by atoms with Crippen molar-refractivity contribution >= 4 is 35.4 Å². The van der Waals surface area contributed by atoms with Crippen LogP contribution in [-0.4, -0.2) is 64.7 Å². The van der Waals surface area contributed by atoms with Crippen molar-refractivity contribution in [3.05, 3.63) is 17.1 Å². The van der Waals surface area contributed by atoms with E-state index in [1.807, 2.05) is 13.8 Å². The summed E-state index contributed by atoms with van der Waals surface area (Å²) >= 11 is 2.81. The molecule has 2 aliphatic heterocycles. The summed E-state index contributed by atoms with van der Waals surface area (Å²) in [5.41, 5.74) is 0.664. The van der Waals surface area contributed by atoms with E-state index in [1.165, 1.54) is 28.4 Å². The third-order valence-electron chi connectivity index (χ3n) is 3.89. The lowest BCUT2D eigenvalue weighted by Crippen LogP contribution is -2.64. The summed E-state index contributed by atoms with van der Waals surface area (Å²) in [6.07, 6.45) is -0.365. The third-order valence-corrected chi connectivity index (χ3v) is 6.27. The molecule has 0 spiro atoms. The van der Waals surface area contributed by atoms with E-state index in [2.05, 4.69) is 10.1 Å². The molecule has 2 aliphatic rings. The molecular formula is C14H18N4O4S2. The standard InChI is InChI=1S/C14H18N4O4S2/c1-3-8-15-14(17(4-2)16-8)24-6-7-5-23-12-10(19)11(20)18(12)9(7)13(21)22/h10,12,19H,3-6H2,1-2H3,(H,21,22)/t10-,12-/m1/s1. The predicted octanol–water partition coefficient (Wildman–Crippen LogP) is 0.567. The summed E-state index contributed by atoms with van der Waals surface area (Å²) < 4.78 is 1.79. The van der Waals surface area contributed by atoms with Crippen LogP contribution >= 0.6 is 23.5 Å². The molecule has 24 heavy (non-hydrogen) atoms. The Balaban J connectivity index is 1.81. The lowest BCUT2D eigenvalue weighted by atomic mass is 10.1.